The molecule has 130 valence electrons. The smallest absolute Gasteiger partial charge is 0.417 e. The van der Waals surface area contributed by atoms with Gasteiger partial charge in [0.25, 0.3) is 0 Å². The molecule has 2 aromatic rings. The van der Waals surface area contributed by atoms with Crippen molar-refractivity contribution >= 4 is 35.2 Å². The fraction of sp³-hybridized carbons (Fsp3) is 0.0588. The van der Waals surface area contributed by atoms with E-state index in [1.807, 2.05) is 0 Å². The molecule has 0 spiro atoms. The summed E-state index contributed by atoms with van der Waals surface area (Å²) in [7, 11) is 0. The summed E-state index contributed by atoms with van der Waals surface area (Å²) in [5.74, 6) is -1.90. The zero-order valence-corrected chi connectivity index (χ0v) is 13.2. The first-order chi connectivity index (χ1) is 11.7. The van der Waals surface area contributed by atoms with E-state index in [0.717, 1.165) is 18.2 Å². The first-order valence-electron chi connectivity index (χ1n) is 6.86. The van der Waals surface area contributed by atoms with Gasteiger partial charge in [-0.25, -0.2) is 4.79 Å². The van der Waals surface area contributed by atoms with Crippen LogP contribution in [0.3, 0.4) is 0 Å². The Bertz CT molecular complexity index is 847. The van der Waals surface area contributed by atoms with Crippen molar-refractivity contribution in [2.45, 2.75) is 6.18 Å². The van der Waals surface area contributed by atoms with Crippen LogP contribution in [0, 0.1) is 0 Å². The van der Waals surface area contributed by atoms with Gasteiger partial charge in [0, 0.05) is 6.08 Å². The highest BCUT2D eigenvalue weighted by Crippen LogP contribution is 2.35. The summed E-state index contributed by atoms with van der Waals surface area (Å²) in [4.78, 5) is 22.9. The minimum absolute atomic E-state index is 0.0803. The number of aromatic carboxylic acids is 1. The molecule has 25 heavy (non-hydrogen) atoms. The number of nitrogens with one attached hydrogen (secondary N) is 1. The fourth-order valence-corrected chi connectivity index (χ4v) is 2.21. The molecule has 0 heterocycles. The molecule has 2 rings (SSSR count). The van der Waals surface area contributed by atoms with Crippen LogP contribution < -0.4 is 5.32 Å². The number of halogens is 4. The molecule has 8 heteroatoms. The molecule has 0 atom stereocenters. The molecule has 0 fully saturated rings. The molecule has 2 N–H and O–H groups in total. The summed E-state index contributed by atoms with van der Waals surface area (Å²) in [5, 5.41) is 11.0. The largest absolute Gasteiger partial charge is 0.478 e. The van der Waals surface area contributed by atoms with E-state index in [-0.39, 0.29) is 16.8 Å². The molecule has 0 radical (unpaired) electrons. The molecule has 0 aliphatic heterocycles. The maximum Gasteiger partial charge on any atom is 0.417 e. The number of carbonyl (C=O) groups excluding carboxylic acids is 1. The van der Waals surface area contributed by atoms with E-state index in [0.29, 0.717) is 0 Å². The highest BCUT2D eigenvalue weighted by molar-refractivity contribution is 6.31. The number of para-hydroxylation sites is 1. The van der Waals surface area contributed by atoms with E-state index in [1.165, 1.54) is 30.3 Å². The van der Waals surface area contributed by atoms with Gasteiger partial charge in [0.05, 0.1) is 21.8 Å². The number of alkyl halides is 3. The number of carboxylic acids is 1. The molecule has 0 bridgehead atoms. The predicted molar refractivity (Wildman–Crippen MR) is 87.5 cm³/mol. The first-order valence-corrected chi connectivity index (χ1v) is 7.24. The predicted octanol–water partition coefficient (Wildman–Crippen LogP) is 4.71. The van der Waals surface area contributed by atoms with Crippen LogP contribution >= 0.6 is 11.6 Å². The number of hydrogen-bond acceptors (Lipinski definition) is 2. The van der Waals surface area contributed by atoms with Crippen LogP contribution in [-0.2, 0) is 11.0 Å². The van der Waals surface area contributed by atoms with Crippen molar-refractivity contribution < 1.29 is 27.9 Å². The highest BCUT2D eigenvalue weighted by Gasteiger charge is 2.33. The quantitative estimate of drug-likeness (QED) is 0.767. The van der Waals surface area contributed by atoms with Crippen LogP contribution in [0.25, 0.3) is 6.08 Å². The Balaban J connectivity index is 2.18. The number of amides is 1. The average molecular weight is 370 g/mol. The zero-order chi connectivity index (χ0) is 18.6. The van der Waals surface area contributed by atoms with Crippen LogP contribution in [0.2, 0.25) is 5.02 Å². The molecule has 0 unspecified atom stereocenters. The lowest BCUT2D eigenvalue weighted by Crippen LogP contribution is -2.11. The Morgan fingerprint density at radius 2 is 1.80 bits per heavy atom. The summed E-state index contributed by atoms with van der Waals surface area (Å²) in [6.07, 6.45) is -2.43. The van der Waals surface area contributed by atoms with Crippen molar-refractivity contribution in [1.82, 2.24) is 0 Å². The summed E-state index contributed by atoms with van der Waals surface area (Å²) in [5.41, 5.74) is -0.904. The van der Waals surface area contributed by atoms with E-state index in [4.69, 9.17) is 16.7 Å². The van der Waals surface area contributed by atoms with E-state index in [9.17, 15) is 22.8 Å². The Morgan fingerprint density at radius 1 is 1.12 bits per heavy atom. The zero-order valence-electron chi connectivity index (χ0n) is 12.5. The molecule has 4 nitrogen and oxygen atoms in total. The molecule has 1 amide bonds. The molecule has 0 aliphatic carbocycles. The monoisotopic (exact) mass is 369 g/mol. The van der Waals surface area contributed by atoms with E-state index in [1.54, 1.807) is 6.07 Å². The van der Waals surface area contributed by atoms with Gasteiger partial charge >= 0.3 is 12.1 Å². The number of hydrogen-bond donors (Lipinski definition) is 2. The van der Waals surface area contributed by atoms with Gasteiger partial charge in [-0.3, -0.25) is 4.79 Å². The van der Waals surface area contributed by atoms with Crippen LogP contribution in [-0.4, -0.2) is 17.0 Å². The second-order valence-corrected chi connectivity index (χ2v) is 5.32. The first kappa shape index (κ1) is 18.5. The van der Waals surface area contributed by atoms with Crippen molar-refractivity contribution in [1.29, 1.82) is 0 Å². The third-order valence-corrected chi connectivity index (χ3v) is 3.47. The Labute approximate surface area is 145 Å². The van der Waals surface area contributed by atoms with Gasteiger partial charge in [0.2, 0.25) is 5.91 Å². The molecular formula is C17H11ClF3NO3. The van der Waals surface area contributed by atoms with Crippen LogP contribution in [0.5, 0.6) is 0 Å². The van der Waals surface area contributed by atoms with E-state index < -0.39 is 28.6 Å². The minimum Gasteiger partial charge on any atom is -0.478 e. The second-order valence-electron chi connectivity index (χ2n) is 4.91. The lowest BCUT2D eigenvalue weighted by atomic mass is 10.1. The lowest BCUT2D eigenvalue weighted by Gasteiger charge is -2.09. The molecule has 2 aromatic carbocycles. The average Bonchev–Trinajstić information content (AvgIpc) is 2.53. The molecular weight excluding hydrogens is 359 g/mol. The third kappa shape index (κ3) is 4.84. The number of anilines is 1. The molecule has 0 saturated heterocycles. The highest BCUT2D eigenvalue weighted by atomic mass is 35.5. The van der Waals surface area contributed by atoms with Crippen molar-refractivity contribution in [2.24, 2.45) is 0 Å². The van der Waals surface area contributed by atoms with Gasteiger partial charge < -0.3 is 10.4 Å². The maximum atomic E-state index is 12.8. The number of rotatable bonds is 4. The normalized spacial score (nSPS) is 11.5. The van der Waals surface area contributed by atoms with Gasteiger partial charge in [-0.1, -0.05) is 29.8 Å². The Morgan fingerprint density at radius 3 is 2.44 bits per heavy atom. The number of carboxylic acid groups (broad SMARTS) is 1. The Kier molecular flexibility index (Phi) is 5.48. The van der Waals surface area contributed by atoms with Crippen molar-refractivity contribution in [3.05, 3.63) is 70.3 Å². The second kappa shape index (κ2) is 7.40. The minimum atomic E-state index is -4.61. The number of benzene rings is 2. The standard InChI is InChI=1S/C17H11ClF3NO3/c18-13-7-5-10(9-12(13)17(19,20)21)6-8-15(23)22-14-4-2-1-3-11(14)16(24)25/h1-9H,(H,22,23)(H,24,25)/b8-6+. The number of carbonyl (C=O) groups is 2. The maximum absolute atomic E-state index is 12.8. The summed E-state index contributed by atoms with van der Waals surface area (Å²) >= 11 is 5.52. The van der Waals surface area contributed by atoms with Crippen LogP contribution in [0.15, 0.2) is 48.5 Å². The fourth-order valence-electron chi connectivity index (χ4n) is 1.99. The van der Waals surface area contributed by atoms with Crippen LogP contribution in [0.4, 0.5) is 18.9 Å². The van der Waals surface area contributed by atoms with E-state index in [2.05, 4.69) is 5.32 Å². The third-order valence-electron chi connectivity index (χ3n) is 3.14. The van der Waals surface area contributed by atoms with Crippen molar-refractivity contribution in [3.8, 4) is 0 Å². The summed E-state index contributed by atoms with van der Waals surface area (Å²) in [6.45, 7) is 0. The van der Waals surface area contributed by atoms with Gasteiger partial charge in [0.15, 0.2) is 0 Å². The summed E-state index contributed by atoms with van der Waals surface area (Å²) in [6, 6.07) is 8.99. The van der Waals surface area contributed by atoms with Gasteiger partial charge in [-0.05, 0) is 35.9 Å². The van der Waals surface area contributed by atoms with Gasteiger partial charge in [-0.15, -0.1) is 0 Å². The van der Waals surface area contributed by atoms with Crippen molar-refractivity contribution in [2.75, 3.05) is 5.32 Å². The topological polar surface area (TPSA) is 66.4 Å². The molecule has 0 saturated carbocycles. The van der Waals surface area contributed by atoms with Gasteiger partial charge in [0.1, 0.15) is 0 Å². The Hall–Kier alpha value is -2.80. The molecule has 0 aliphatic rings. The van der Waals surface area contributed by atoms with Crippen LogP contribution in [0.1, 0.15) is 21.5 Å². The molecule has 0 aromatic heterocycles. The van der Waals surface area contributed by atoms with E-state index >= 15 is 0 Å². The van der Waals surface area contributed by atoms with Crippen molar-refractivity contribution in [3.63, 3.8) is 0 Å². The lowest BCUT2D eigenvalue weighted by molar-refractivity contribution is -0.137. The van der Waals surface area contributed by atoms with Gasteiger partial charge in [-0.2, -0.15) is 13.2 Å². The SMILES string of the molecule is O=C(/C=C/c1ccc(Cl)c(C(F)(F)F)c1)Nc1ccccc1C(=O)O. The summed E-state index contributed by atoms with van der Waals surface area (Å²) < 4.78 is 38.4.